The summed E-state index contributed by atoms with van der Waals surface area (Å²) in [5.74, 6) is -0.131. The maximum absolute atomic E-state index is 11.3. The van der Waals surface area contributed by atoms with Gasteiger partial charge in [0, 0.05) is 6.61 Å². The van der Waals surface area contributed by atoms with Gasteiger partial charge >= 0.3 is 5.97 Å². The van der Waals surface area contributed by atoms with Gasteiger partial charge in [0.15, 0.2) is 0 Å². The zero-order valence-electron chi connectivity index (χ0n) is 12.6. The fourth-order valence-electron chi connectivity index (χ4n) is 2.85. The van der Waals surface area contributed by atoms with Gasteiger partial charge in [-0.2, -0.15) is 0 Å². The first kappa shape index (κ1) is 16.4. The summed E-state index contributed by atoms with van der Waals surface area (Å²) in [7, 11) is 0. The lowest BCUT2D eigenvalue weighted by Crippen LogP contribution is -2.49. The van der Waals surface area contributed by atoms with E-state index in [1.54, 1.807) is 6.92 Å². The second-order valence-corrected chi connectivity index (χ2v) is 5.94. The SMILES string of the molecule is CCNC(C)(CCCOC1CCCCC1C)C(=O)O. The van der Waals surface area contributed by atoms with E-state index in [0.29, 0.717) is 31.6 Å². The minimum atomic E-state index is -0.823. The van der Waals surface area contributed by atoms with E-state index in [9.17, 15) is 9.90 Å². The molecule has 1 aliphatic rings. The largest absolute Gasteiger partial charge is 0.480 e. The van der Waals surface area contributed by atoms with Crippen LogP contribution in [-0.4, -0.2) is 35.9 Å². The Morgan fingerprint density at radius 2 is 2.11 bits per heavy atom. The Morgan fingerprint density at radius 1 is 1.42 bits per heavy atom. The summed E-state index contributed by atoms with van der Waals surface area (Å²) in [5, 5.41) is 12.3. The number of carboxylic acid groups (broad SMARTS) is 1. The highest BCUT2D eigenvalue weighted by Gasteiger charge is 2.31. The zero-order valence-corrected chi connectivity index (χ0v) is 12.6. The molecule has 3 atom stereocenters. The number of carboxylic acids is 1. The van der Waals surface area contributed by atoms with Crippen molar-refractivity contribution in [1.82, 2.24) is 5.32 Å². The van der Waals surface area contributed by atoms with Crippen molar-refractivity contribution < 1.29 is 14.6 Å². The van der Waals surface area contributed by atoms with E-state index in [4.69, 9.17) is 4.74 Å². The third-order valence-corrected chi connectivity index (χ3v) is 4.22. The van der Waals surface area contributed by atoms with E-state index in [1.807, 2.05) is 6.92 Å². The van der Waals surface area contributed by atoms with Crippen LogP contribution in [0, 0.1) is 5.92 Å². The van der Waals surface area contributed by atoms with Crippen LogP contribution in [0.1, 0.15) is 59.3 Å². The number of nitrogens with one attached hydrogen (secondary N) is 1. The van der Waals surface area contributed by atoms with Crippen LogP contribution in [0.4, 0.5) is 0 Å². The maximum Gasteiger partial charge on any atom is 0.323 e. The molecule has 4 heteroatoms. The Balaban J connectivity index is 2.26. The summed E-state index contributed by atoms with van der Waals surface area (Å²) < 4.78 is 5.93. The van der Waals surface area contributed by atoms with Crippen LogP contribution < -0.4 is 5.32 Å². The molecular formula is C15H29NO3. The fraction of sp³-hybridized carbons (Fsp3) is 0.933. The Morgan fingerprint density at radius 3 is 2.68 bits per heavy atom. The first-order valence-corrected chi connectivity index (χ1v) is 7.59. The summed E-state index contributed by atoms with van der Waals surface area (Å²) in [6.07, 6.45) is 6.78. The molecule has 0 heterocycles. The Hall–Kier alpha value is -0.610. The van der Waals surface area contributed by atoms with Crippen molar-refractivity contribution in [3.8, 4) is 0 Å². The molecule has 0 amide bonds. The van der Waals surface area contributed by atoms with Crippen molar-refractivity contribution in [2.75, 3.05) is 13.2 Å². The molecule has 0 bridgehead atoms. The first-order chi connectivity index (χ1) is 8.99. The van der Waals surface area contributed by atoms with Crippen LogP contribution in [0.3, 0.4) is 0 Å². The van der Waals surface area contributed by atoms with Crippen LogP contribution in [0.15, 0.2) is 0 Å². The molecule has 2 N–H and O–H groups in total. The van der Waals surface area contributed by atoms with Crippen molar-refractivity contribution in [3.05, 3.63) is 0 Å². The van der Waals surface area contributed by atoms with Gasteiger partial charge in [0.1, 0.15) is 5.54 Å². The average Bonchev–Trinajstić information content (AvgIpc) is 2.37. The molecular weight excluding hydrogens is 242 g/mol. The second kappa shape index (κ2) is 7.85. The van der Waals surface area contributed by atoms with Crippen LogP contribution in [0.25, 0.3) is 0 Å². The molecule has 0 spiro atoms. The van der Waals surface area contributed by atoms with Crippen LogP contribution >= 0.6 is 0 Å². The number of rotatable bonds is 8. The topological polar surface area (TPSA) is 58.6 Å². The van der Waals surface area contributed by atoms with Crippen molar-refractivity contribution in [2.45, 2.75) is 70.9 Å². The molecule has 0 saturated heterocycles. The summed E-state index contributed by atoms with van der Waals surface area (Å²) in [4.78, 5) is 11.3. The number of likely N-dealkylation sites (N-methyl/N-ethyl adjacent to an activating group) is 1. The van der Waals surface area contributed by atoms with E-state index in [-0.39, 0.29) is 0 Å². The monoisotopic (exact) mass is 271 g/mol. The van der Waals surface area contributed by atoms with Crippen molar-refractivity contribution in [1.29, 1.82) is 0 Å². The Labute approximate surface area is 116 Å². The van der Waals surface area contributed by atoms with E-state index >= 15 is 0 Å². The van der Waals surface area contributed by atoms with Gasteiger partial charge in [0.25, 0.3) is 0 Å². The lowest BCUT2D eigenvalue weighted by atomic mass is 9.88. The highest BCUT2D eigenvalue weighted by Crippen LogP contribution is 2.26. The van der Waals surface area contributed by atoms with Gasteiger partial charge in [-0.05, 0) is 45.1 Å². The van der Waals surface area contributed by atoms with E-state index in [0.717, 1.165) is 12.8 Å². The van der Waals surface area contributed by atoms with E-state index in [1.165, 1.54) is 19.3 Å². The van der Waals surface area contributed by atoms with Crippen LogP contribution in [0.2, 0.25) is 0 Å². The zero-order chi connectivity index (χ0) is 14.3. The molecule has 0 aromatic heterocycles. The third kappa shape index (κ3) is 5.11. The lowest BCUT2D eigenvalue weighted by Gasteiger charge is -2.30. The molecule has 1 saturated carbocycles. The molecule has 112 valence electrons. The summed E-state index contributed by atoms with van der Waals surface area (Å²) in [6.45, 7) is 7.28. The number of hydrogen-bond donors (Lipinski definition) is 2. The molecule has 1 rings (SSSR count). The Bertz CT molecular complexity index is 283. The lowest BCUT2D eigenvalue weighted by molar-refractivity contribution is -0.144. The summed E-state index contributed by atoms with van der Waals surface area (Å²) >= 11 is 0. The van der Waals surface area contributed by atoms with E-state index in [2.05, 4.69) is 12.2 Å². The first-order valence-electron chi connectivity index (χ1n) is 7.59. The van der Waals surface area contributed by atoms with Crippen molar-refractivity contribution in [2.24, 2.45) is 5.92 Å². The molecule has 19 heavy (non-hydrogen) atoms. The van der Waals surface area contributed by atoms with Crippen molar-refractivity contribution >= 4 is 5.97 Å². The summed E-state index contributed by atoms with van der Waals surface area (Å²) in [6, 6.07) is 0. The van der Waals surface area contributed by atoms with Crippen LogP contribution in [-0.2, 0) is 9.53 Å². The standard InChI is InChI=1S/C15H29NO3/c1-4-16-15(3,14(17)18)10-7-11-19-13-9-6-5-8-12(13)2/h12-13,16H,4-11H2,1-3H3,(H,17,18). The van der Waals surface area contributed by atoms with Gasteiger partial charge in [-0.3, -0.25) is 4.79 Å². The highest BCUT2D eigenvalue weighted by molar-refractivity contribution is 5.78. The van der Waals surface area contributed by atoms with Gasteiger partial charge < -0.3 is 15.2 Å². The average molecular weight is 271 g/mol. The van der Waals surface area contributed by atoms with Gasteiger partial charge in [0.2, 0.25) is 0 Å². The number of ether oxygens (including phenoxy) is 1. The fourth-order valence-corrected chi connectivity index (χ4v) is 2.85. The maximum atomic E-state index is 11.3. The molecule has 0 aromatic rings. The number of aliphatic carboxylic acids is 1. The smallest absolute Gasteiger partial charge is 0.323 e. The minimum Gasteiger partial charge on any atom is -0.480 e. The highest BCUT2D eigenvalue weighted by atomic mass is 16.5. The van der Waals surface area contributed by atoms with Gasteiger partial charge in [-0.15, -0.1) is 0 Å². The van der Waals surface area contributed by atoms with E-state index < -0.39 is 11.5 Å². The molecule has 0 radical (unpaired) electrons. The van der Waals surface area contributed by atoms with Gasteiger partial charge in [-0.25, -0.2) is 0 Å². The van der Waals surface area contributed by atoms with Gasteiger partial charge in [-0.1, -0.05) is 26.7 Å². The Kier molecular flexibility index (Phi) is 6.80. The molecule has 1 aliphatic carbocycles. The van der Waals surface area contributed by atoms with Crippen molar-refractivity contribution in [3.63, 3.8) is 0 Å². The number of carbonyl (C=O) groups is 1. The molecule has 0 aliphatic heterocycles. The second-order valence-electron chi connectivity index (χ2n) is 5.94. The van der Waals surface area contributed by atoms with Crippen LogP contribution in [0.5, 0.6) is 0 Å². The predicted molar refractivity (Wildman–Crippen MR) is 76.3 cm³/mol. The molecule has 4 nitrogen and oxygen atoms in total. The normalized spacial score (nSPS) is 26.9. The quantitative estimate of drug-likeness (QED) is 0.666. The minimum absolute atomic E-state index is 0.379. The molecule has 3 unspecified atom stereocenters. The predicted octanol–water partition coefficient (Wildman–Crippen LogP) is 2.81. The van der Waals surface area contributed by atoms with Gasteiger partial charge in [0.05, 0.1) is 6.10 Å². The summed E-state index contributed by atoms with van der Waals surface area (Å²) in [5.41, 5.74) is -0.823. The molecule has 0 aromatic carbocycles. The number of hydrogen-bond acceptors (Lipinski definition) is 3. The molecule has 1 fully saturated rings. The third-order valence-electron chi connectivity index (χ3n) is 4.22.